The van der Waals surface area contributed by atoms with Crippen molar-refractivity contribution in [1.29, 1.82) is 0 Å². The van der Waals surface area contributed by atoms with Crippen LogP contribution in [0.3, 0.4) is 0 Å². The highest BCUT2D eigenvalue weighted by Gasteiger charge is 2.17. The fourth-order valence-electron chi connectivity index (χ4n) is 4.43. The smallest absolute Gasteiger partial charge is 0.251 e. The zero-order valence-electron chi connectivity index (χ0n) is 19.9. The number of nitrogen functional groups attached to an aromatic ring is 1. The Morgan fingerprint density at radius 2 is 1.85 bits per heavy atom. The topological polar surface area (TPSA) is 106 Å². The second-order valence-electron chi connectivity index (χ2n) is 8.72. The van der Waals surface area contributed by atoms with Crippen LogP contribution in [0.15, 0.2) is 48.5 Å². The molecule has 178 valence electrons. The summed E-state index contributed by atoms with van der Waals surface area (Å²) in [6.45, 7) is 5.21. The van der Waals surface area contributed by atoms with E-state index in [-0.39, 0.29) is 5.91 Å². The van der Waals surface area contributed by atoms with Crippen LogP contribution in [0.4, 0.5) is 5.82 Å². The summed E-state index contributed by atoms with van der Waals surface area (Å²) in [7, 11) is 0. The number of fused-ring (bicyclic) bond motifs is 3. The van der Waals surface area contributed by atoms with E-state index in [0.29, 0.717) is 23.5 Å². The van der Waals surface area contributed by atoms with Gasteiger partial charge in [0.15, 0.2) is 5.82 Å². The number of unbranched alkanes of at least 4 members (excludes halogenated alkanes) is 2. The number of para-hydroxylation sites is 1. The minimum atomic E-state index is -0.685. The predicted octanol–water partition coefficient (Wildman–Crippen LogP) is 4.77. The van der Waals surface area contributed by atoms with Gasteiger partial charge in [-0.05, 0) is 43.9 Å². The minimum Gasteiger partial charge on any atom is -0.389 e. The van der Waals surface area contributed by atoms with Crippen molar-refractivity contribution in [1.82, 2.24) is 19.9 Å². The van der Waals surface area contributed by atoms with Crippen molar-refractivity contribution in [3.05, 3.63) is 65.5 Å². The van der Waals surface area contributed by atoms with E-state index in [9.17, 15) is 9.90 Å². The maximum Gasteiger partial charge on any atom is 0.251 e. The number of aromatic nitrogens is 3. The largest absolute Gasteiger partial charge is 0.389 e. The Kier molecular flexibility index (Phi) is 7.43. The predicted molar refractivity (Wildman–Crippen MR) is 137 cm³/mol. The van der Waals surface area contributed by atoms with Crippen LogP contribution in [-0.4, -0.2) is 32.1 Å². The van der Waals surface area contributed by atoms with Crippen LogP contribution >= 0.6 is 0 Å². The number of anilines is 1. The van der Waals surface area contributed by atoms with E-state index in [2.05, 4.69) is 27.9 Å². The lowest BCUT2D eigenvalue weighted by atomic mass is 10.0. The van der Waals surface area contributed by atoms with Gasteiger partial charge in [0.2, 0.25) is 0 Å². The lowest BCUT2D eigenvalue weighted by Crippen LogP contribution is -2.26. The highest BCUT2D eigenvalue weighted by atomic mass is 16.3. The van der Waals surface area contributed by atoms with Gasteiger partial charge in [0.1, 0.15) is 11.3 Å². The van der Waals surface area contributed by atoms with E-state index in [0.717, 1.165) is 66.4 Å². The first-order chi connectivity index (χ1) is 16.5. The molecule has 0 saturated carbocycles. The average Bonchev–Trinajstić information content (AvgIpc) is 3.21. The molecule has 1 atom stereocenters. The number of carbonyl (C=O) groups is 1. The number of carbonyl (C=O) groups excluding carboxylic acids is 1. The normalized spacial score (nSPS) is 12.3. The lowest BCUT2D eigenvalue weighted by Gasteiger charge is -2.13. The monoisotopic (exact) mass is 459 g/mol. The zero-order chi connectivity index (χ0) is 24.1. The van der Waals surface area contributed by atoms with Crippen molar-refractivity contribution >= 4 is 33.7 Å². The van der Waals surface area contributed by atoms with Gasteiger partial charge in [-0.15, -0.1) is 0 Å². The molecule has 2 heterocycles. The molecule has 4 N–H and O–H groups in total. The molecule has 0 radical (unpaired) electrons. The zero-order valence-corrected chi connectivity index (χ0v) is 19.9. The van der Waals surface area contributed by atoms with Crippen molar-refractivity contribution < 1.29 is 9.90 Å². The molecule has 0 fully saturated rings. The summed E-state index contributed by atoms with van der Waals surface area (Å²) >= 11 is 0. The van der Waals surface area contributed by atoms with Crippen molar-refractivity contribution in [2.45, 2.75) is 58.6 Å². The van der Waals surface area contributed by atoms with Crippen molar-refractivity contribution in [2.24, 2.45) is 0 Å². The van der Waals surface area contributed by atoms with Crippen molar-refractivity contribution in [3.63, 3.8) is 0 Å². The van der Waals surface area contributed by atoms with Crippen LogP contribution in [0.5, 0.6) is 0 Å². The molecule has 0 aliphatic rings. The first-order valence-electron chi connectivity index (χ1n) is 12.1. The van der Waals surface area contributed by atoms with Crippen LogP contribution in [0.25, 0.3) is 21.9 Å². The number of rotatable bonds is 10. The van der Waals surface area contributed by atoms with Gasteiger partial charge < -0.3 is 20.7 Å². The SMILES string of the molecule is CCCCc1nc2c(N)nc3ccccc3c2n1CCCCNC(=O)c1ccccc1C(C)O. The second-order valence-corrected chi connectivity index (χ2v) is 8.72. The number of pyridine rings is 1. The molecular weight excluding hydrogens is 426 g/mol. The molecule has 4 rings (SSSR count). The molecule has 4 aromatic rings. The number of nitrogens with one attached hydrogen (secondary N) is 1. The molecule has 2 aromatic carbocycles. The number of aliphatic hydroxyl groups excluding tert-OH is 1. The Labute approximate surface area is 200 Å². The molecule has 34 heavy (non-hydrogen) atoms. The molecule has 0 bridgehead atoms. The van der Waals surface area contributed by atoms with Gasteiger partial charge in [0.05, 0.1) is 17.1 Å². The first kappa shape index (κ1) is 23.7. The number of nitrogens with two attached hydrogens (primary N) is 1. The maximum atomic E-state index is 12.6. The molecule has 1 amide bonds. The van der Waals surface area contributed by atoms with Gasteiger partial charge in [0.25, 0.3) is 5.91 Å². The van der Waals surface area contributed by atoms with Crippen LogP contribution in [0, 0.1) is 0 Å². The van der Waals surface area contributed by atoms with Gasteiger partial charge in [0, 0.05) is 30.5 Å². The average molecular weight is 460 g/mol. The Morgan fingerprint density at radius 1 is 1.09 bits per heavy atom. The van der Waals surface area contributed by atoms with E-state index >= 15 is 0 Å². The van der Waals surface area contributed by atoms with Crippen molar-refractivity contribution in [3.8, 4) is 0 Å². The number of aliphatic hydroxyl groups is 1. The number of amides is 1. The Balaban J connectivity index is 1.48. The third kappa shape index (κ3) is 4.89. The summed E-state index contributed by atoms with van der Waals surface area (Å²) in [5.41, 5.74) is 10.1. The van der Waals surface area contributed by atoms with E-state index < -0.39 is 6.10 Å². The molecule has 1 unspecified atom stereocenters. The van der Waals surface area contributed by atoms with Gasteiger partial charge in [-0.25, -0.2) is 9.97 Å². The summed E-state index contributed by atoms with van der Waals surface area (Å²) in [5, 5.41) is 14.0. The molecular formula is C27H33N5O2. The van der Waals surface area contributed by atoms with Crippen LogP contribution in [-0.2, 0) is 13.0 Å². The van der Waals surface area contributed by atoms with E-state index in [1.54, 1.807) is 19.1 Å². The lowest BCUT2D eigenvalue weighted by molar-refractivity contribution is 0.0946. The Hall–Kier alpha value is -3.45. The van der Waals surface area contributed by atoms with E-state index in [1.165, 1.54) is 0 Å². The van der Waals surface area contributed by atoms with Gasteiger partial charge >= 0.3 is 0 Å². The molecule has 0 spiro atoms. The molecule has 0 saturated heterocycles. The van der Waals surface area contributed by atoms with Gasteiger partial charge in [-0.2, -0.15) is 0 Å². The number of imidazole rings is 1. The van der Waals surface area contributed by atoms with Gasteiger partial charge in [-0.1, -0.05) is 49.7 Å². The quantitative estimate of drug-likeness (QED) is 0.296. The fourth-order valence-corrected chi connectivity index (χ4v) is 4.43. The molecule has 0 aliphatic heterocycles. The summed E-state index contributed by atoms with van der Waals surface area (Å²) in [6.07, 6.45) is 4.08. The Bertz CT molecular complexity index is 1300. The number of aryl methyl sites for hydroxylation is 2. The van der Waals surface area contributed by atoms with E-state index in [4.69, 9.17) is 10.7 Å². The summed E-state index contributed by atoms with van der Waals surface area (Å²) < 4.78 is 2.29. The minimum absolute atomic E-state index is 0.155. The first-order valence-corrected chi connectivity index (χ1v) is 12.1. The standard InChI is InChI=1S/C27H33N5O2/c1-3-4-15-23-31-24-25(21-13-7-8-14-22(21)30-26(24)28)32(23)17-10-9-16-29-27(34)20-12-6-5-11-19(20)18(2)33/h5-8,11-14,18,33H,3-4,9-10,15-17H2,1-2H3,(H2,28,30)(H,29,34). The fraction of sp³-hybridized carbons (Fsp3) is 0.370. The van der Waals surface area contributed by atoms with E-state index in [1.807, 2.05) is 30.3 Å². The Morgan fingerprint density at radius 3 is 2.65 bits per heavy atom. The third-order valence-corrected chi connectivity index (χ3v) is 6.19. The van der Waals surface area contributed by atoms with Crippen LogP contribution < -0.4 is 11.1 Å². The summed E-state index contributed by atoms with van der Waals surface area (Å²) in [4.78, 5) is 22.1. The highest BCUT2D eigenvalue weighted by Crippen LogP contribution is 2.29. The number of benzene rings is 2. The molecule has 2 aromatic heterocycles. The maximum absolute atomic E-state index is 12.6. The van der Waals surface area contributed by atoms with Crippen molar-refractivity contribution in [2.75, 3.05) is 12.3 Å². The number of hydrogen-bond donors (Lipinski definition) is 3. The molecule has 0 aliphatic carbocycles. The third-order valence-electron chi connectivity index (χ3n) is 6.19. The highest BCUT2D eigenvalue weighted by molar-refractivity contribution is 6.06. The molecule has 7 heteroatoms. The summed E-state index contributed by atoms with van der Waals surface area (Å²) in [5.74, 6) is 1.35. The number of nitrogens with zero attached hydrogens (tertiary/aromatic N) is 3. The second kappa shape index (κ2) is 10.7. The van der Waals surface area contributed by atoms with Crippen LogP contribution in [0.1, 0.15) is 67.4 Å². The van der Waals surface area contributed by atoms with Gasteiger partial charge in [-0.3, -0.25) is 4.79 Å². The molecule has 7 nitrogen and oxygen atoms in total. The summed E-state index contributed by atoms with van der Waals surface area (Å²) in [6, 6.07) is 15.2. The number of hydrogen-bond acceptors (Lipinski definition) is 5. The van der Waals surface area contributed by atoms with Crippen LogP contribution in [0.2, 0.25) is 0 Å².